The second kappa shape index (κ2) is 12.1. The van der Waals surface area contributed by atoms with Gasteiger partial charge in [0.2, 0.25) is 10.0 Å². The number of benzene rings is 4. The number of alkyl halides is 2. The Bertz CT molecular complexity index is 1820. The maximum absolute atomic E-state index is 15.6. The summed E-state index contributed by atoms with van der Waals surface area (Å²) in [5.41, 5.74) is -3.46. The second-order valence-electron chi connectivity index (χ2n) is 10.4. The number of rotatable bonds is 8. The minimum atomic E-state index is -4.36. The van der Waals surface area contributed by atoms with E-state index in [9.17, 15) is 28.2 Å². The van der Waals surface area contributed by atoms with Gasteiger partial charge in [0.15, 0.2) is 5.60 Å². The molecule has 0 aromatic heterocycles. The van der Waals surface area contributed by atoms with Gasteiger partial charge in [0.1, 0.15) is 12.6 Å². The molecule has 9 nitrogen and oxygen atoms in total. The lowest BCUT2D eigenvalue weighted by atomic mass is 9.86. The number of aliphatic hydroxyl groups is 1. The third-order valence-electron chi connectivity index (χ3n) is 7.51. The van der Waals surface area contributed by atoms with E-state index >= 15 is 8.78 Å². The Morgan fingerprint density at radius 3 is 2.41 bits per heavy atom. The maximum atomic E-state index is 15.6. The molecule has 0 saturated carbocycles. The van der Waals surface area contributed by atoms with Gasteiger partial charge in [-0.1, -0.05) is 78.3 Å². The molecule has 44 heavy (non-hydrogen) atoms. The summed E-state index contributed by atoms with van der Waals surface area (Å²) >= 11 is 6.05. The van der Waals surface area contributed by atoms with E-state index in [4.69, 9.17) is 16.3 Å². The molecule has 1 aliphatic heterocycles. The molecule has 4 aromatic rings. The summed E-state index contributed by atoms with van der Waals surface area (Å²) in [5.74, 6) is -5.21. The SMILES string of the molecule is O=C(OC[C@@]1(O)c2cc(Cl)ccc2N(C(=O)O)CCC1(F)F)[C@H](Cc1ccccc1)NS(=O)(=O)c1cccc2ccccc12. The Hall–Kier alpha value is -4.10. The first-order chi connectivity index (χ1) is 20.8. The van der Waals surface area contributed by atoms with E-state index < -0.39 is 64.8 Å². The Labute approximate surface area is 256 Å². The predicted octanol–water partition coefficient (Wildman–Crippen LogP) is 5.34. The largest absolute Gasteiger partial charge is 0.465 e. The Balaban J connectivity index is 1.49. The first-order valence-corrected chi connectivity index (χ1v) is 15.3. The van der Waals surface area contributed by atoms with Gasteiger partial charge in [0, 0.05) is 28.9 Å². The van der Waals surface area contributed by atoms with Crippen molar-refractivity contribution >= 4 is 50.1 Å². The van der Waals surface area contributed by atoms with Gasteiger partial charge >= 0.3 is 12.1 Å². The van der Waals surface area contributed by atoms with Crippen LogP contribution in [0.3, 0.4) is 0 Å². The van der Waals surface area contributed by atoms with Gasteiger partial charge in [0.25, 0.3) is 5.92 Å². The van der Waals surface area contributed by atoms with Crippen molar-refractivity contribution in [3.05, 3.63) is 107 Å². The lowest BCUT2D eigenvalue weighted by Crippen LogP contribution is -2.51. The topological polar surface area (TPSA) is 133 Å². The van der Waals surface area contributed by atoms with Crippen LogP contribution in [0.15, 0.2) is 95.9 Å². The standard InChI is InChI=1S/C31H27ClF2N2O7S/c32-22-13-14-26-24(18-22)30(40,31(33,34)15-16-36(26)29(38)39)19-43-28(37)25(17-20-7-2-1-3-8-20)35-44(41,42)27-12-6-10-21-9-4-5-11-23(21)27/h1-14,18,25,35,40H,15-17,19H2,(H,38,39)/t25-,30+/m0/s1. The first-order valence-electron chi connectivity index (χ1n) is 13.4. The molecule has 4 aromatic carbocycles. The van der Waals surface area contributed by atoms with Gasteiger partial charge in [-0.05, 0) is 41.6 Å². The summed E-state index contributed by atoms with van der Waals surface area (Å²) in [7, 11) is -4.36. The summed E-state index contributed by atoms with van der Waals surface area (Å²) in [6.45, 7) is -1.98. The van der Waals surface area contributed by atoms with Gasteiger partial charge in [-0.2, -0.15) is 4.72 Å². The zero-order chi connectivity index (χ0) is 31.7. The fourth-order valence-electron chi connectivity index (χ4n) is 5.21. The molecular weight excluding hydrogens is 618 g/mol. The number of nitrogens with zero attached hydrogens (tertiary/aromatic N) is 1. The van der Waals surface area contributed by atoms with Gasteiger partial charge in [-0.15, -0.1) is 0 Å². The van der Waals surface area contributed by atoms with Crippen molar-refractivity contribution in [2.45, 2.75) is 35.3 Å². The minimum absolute atomic E-state index is 0.0682. The summed E-state index contributed by atoms with van der Waals surface area (Å²) in [6, 6.07) is 21.7. The van der Waals surface area contributed by atoms with Crippen molar-refractivity contribution in [2.75, 3.05) is 18.1 Å². The van der Waals surface area contributed by atoms with Gasteiger partial charge < -0.3 is 14.9 Å². The average molecular weight is 645 g/mol. The number of hydrogen-bond acceptors (Lipinski definition) is 6. The second-order valence-corrected chi connectivity index (χ2v) is 12.5. The molecule has 0 bridgehead atoms. The van der Waals surface area contributed by atoms with Gasteiger partial charge in [0.05, 0.1) is 10.6 Å². The van der Waals surface area contributed by atoms with Crippen LogP contribution < -0.4 is 9.62 Å². The molecule has 1 amide bonds. The van der Waals surface area contributed by atoms with Crippen LogP contribution in [-0.4, -0.2) is 55.8 Å². The number of anilines is 1. The van der Waals surface area contributed by atoms with Crippen LogP contribution in [0.4, 0.5) is 19.3 Å². The van der Waals surface area contributed by atoms with Crippen LogP contribution >= 0.6 is 11.6 Å². The van der Waals surface area contributed by atoms with E-state index in [2.05, 4.69) is 4.72 Å². The fourth-order valence-corrected chi connectivity index (χ4v) is 6.80. The predicted molar refractivity (Wildman–Crippen MR) is 159 cm³/mol. The minimum Gasteiger partial charge on any atom is -0.465 e. The third-order valence-corrected chi connectivity index (χ3v) is 9.27. The highest BCUT2D eigenvalue weighted by atomic mass is 35.5. The van der Waals surface area contributed by atoms with Gasteiger partial charge in [-0.3, -0.25) is 9.69 Å². The van der Waals surface area contributed by atoms with Crippen molar-refractivity contribution in [2.24, 2.45) is 0 Å². The Morgan fingerprint density at radius 2 is 1.68 bits per heavy atom. The number of sulfonamides is 1. The highest BCUT2D eigenvalue weighted by Gasteiger charge is 2.58. The fraction of sp³-hybridized carbons (Fsp3) is 0.226. The van der Waals surface area contributed by atoms with Crippen molar-refractivity contribution in [3.63, 3.8) is 0 Å². The molecule has 0 saturated heterocycles. The molecule has 0 spiro atoms. The molecule has 13 heteroatoms. The lowest BCUT2D eigenvalue weighted by Gasteiger charge is -2.35. The Morgan fingerprint density at radius 1 is 1.00 bits per heavy atom. The molecule has 0 aliphatic carbocycles. The van der Waals surface area contributed by atoms with Crippen LogP contribution in [0, 0.1) is 0 Å². The summed E-state index contributed by atoms with van der Waals surface area (Å²) in [5, 5.41) is 22.1. The molecule has 1 aliphatic rings. The summed E-state index contributed by atoms with van der Waals surface area (Å²) < 4.78 is 66.0. The van der Waals surface area contributed by atoms with Crippen LogP contribution in [0.25, 0.3) is 10.8 Å². The monoisotopic (exact) mass is 644 g/mol. The molecule has 5 rings (SSSR count). The van der Waals surface area contributed by atoms with Crippen molar-refractivity contribution in [1.82, 2.24) is 4.72 Å². The number of esters is 1. The number of nitrogens with one attached hydrogen (secondary N) is 1. The number of carbonyl (C=O) groups is 2. The summed E-state index contributed by atoms with van der Waals surface area (Å²) in [4.78, 5) is 25.9. The zero-order valence-electron chi connectivity index (χ0n) is 23.0. The van der Waals surface area contributed by atoms with Gasteiger partial charge in [-0.25, -0.2) is 22.0 Å². The number of fused-ring (bicyclic) bond motifs is 2. The number of carboxylic acid groups (broad SMARTS) is 1. The highest BCUT2D eigenvalue weighted by molar-refractivity contribution is 7.89. The van der Waals surface area contributed by atoms with Crippen molar-refractivity contribution < 1.29 is 41.7 Å². The van der Waals surface area contributed by atoms with Crippen LogP contribution in [-0.2, 0) is 31.6 Å². The van der Waals surface area contributed by atoms with E-state index in [1.54, 1.807) is 66.7 Å². The van der Waals surface area contributed by atoms with Crippen molar-refractivity contribution in [3.8, 4) is 0 Å². The normalized spacial score (nSPS) is 18.7. The quantitative estimate of drug-likeness (QED) is 0.221. The van der Waals surface area contributed by atoms with Crippen LogP contribution in [0.1, 0.15) is 17.5 Å². The van der Waals surface area contributed by atoms with E-state index in [0.717, 1.165) is 6.07 Å². The van der Waals surface area contributed by atoms with Crippen LogP contribution in [0.2, 0.25) is 5.02 Å². The van der Waals surface area contributed by atoms with E-state index in [0.29, 0.717) is 21.2 Å². The number of ether oxygens (including phenoxy) is 1. The molecular formula is C31H27ClF2N2O7S. The summed E-state index contributed by atoms with van der Waals surface area (Å²) in [6.07, 6.45) is -2.83. The molecule has 0 unspecified atom stereocenters. The van der Waals surface area contributed by atoms with E-state index in [-0.39, 0.29) is 22.0 Å². The molecule has 3 N–H and O–H groups in total. The molecule has 0 fully saturated rings. The molecule has 1 heterocycles. The number of halogens is 3. The van der Waals surface area contributed by atoms with Crippen molar-refractivity contribution in [1.29, 1.82) is 0 Å². The number of hydrogen-bond donors (Lipinski definition) is 3. The molecule has 230 valence electrons. The third kappa shape index (κ3) is 6.11. The first kappa shape index (κ1) is 31.3. The highest BCUT2D eigenvalue weighted by Crippen LogP contribution is 2.47. The zero-order valence-corrected chi connectivity index (χ0v) is 24.6. The van der Waals surface area contributed by atoms with E-state index in [1.165, 1.54) is 18.2 Å². The smallest absolute Gasteiger partial charge is 0.411 e. The maximum Gasteiger partial charge on any atom is 0.411 e. The number of carbonyl (C=O) groups excluding carboxylic acids is 1. The molecule has 0 radical (unpaired) electrons. The lowest BCUT2D eigenvalue weighted by molar-refractivity contribution is -0.214. The van der Waals surface area contributed by atoms with E-state index in [1.807, 2.05) is 0 Å². The number of amides is 1. The Kier molecular flexibility index (Phi) is 8.63. The average Bonchev–Trinajstić information content (AvgIpc) is 3.07. The molecule has 2 atom stereocenters. The van der Waals surface area contributed by atoms with Crippen LogP contribution in [0.5, 0.6) is 0 Å².